The summed E-state index contributed by atoms with van der Waals surface area (Å²) in [5, 5.41) is 11.3. The summed E-state index contributed by atoms with van der Waals surface area (Å²) >= 11 is 3.43. The molecule has 0 radical (unpaired) electrons. The first kappa shape index (κ1) is 22.7. The largest absolute Gasteiger partial charge is 0.507 e. The molecule has 1 aromatic heterocycles. The average Bonchev–Trinajstić information content (AvgIpc) is 3.09. The molecule has 1 N–H and O–H groups in total. The van der Waals surface area contributed by atoms with Gasteiger partial charge in [-0.25, -0.2) is 0 Å². The lowest BCUT2D eigenvalue weighted by molar-refractivity contribution is -0.132. The van der Waals surface area contributed by atoms with Crippen molar-refractivity contribution in [1.29, 1.82) is 0 Å². The Morgan fingerprint density at radius 2 is 1.88 bits per heavy atom. The maximum atomic E-state index is 13.2. The van der Waals surface area contributed by atoms with Crippen molar-refractivity contribution in [3.63, 3.8) is 0 Å². The lowest BCUT2D eigenvalue weighted by Gasteiger charge is -2.25. The smallest absolute Gasteiger partial charge is 0.300 e. The number of anilines is 1. The number of rotatable bonds is 6. The van der Waals surface area contributed by atoms with E-state index < -0.39 is 17.7 Å². The normalized spacial score (nSPS) is 17.4. The molecule has 168 valence electrons. The van der Waals surface area contributed by atoms with Gasteiger partial charge in [0.05, 0.1) is 18.2 Å². The van der Waals surface area contributed by atoms with Crippen LogP contribution in [0, 0.1) is 6.92 Å². The van der Waals surface area contributed by atoms with E-state index in [1.54, 1.807) is 60.9 Å². The number of ether oxygens (including phenoxy) is 1. The maximum Gasteiger partial charge on any atom is 0.300 e. The van der Waals surface area contributed by atoms with Crippen LogP contribution >= 0.6 is 15.9 Å². The number of carbonyl (C=O) groups is 2. The zero-order chi connectivity index (χ0) is 23.5. The molecule has 1 amide bonds. The molecule has 2 aromatic carbocycles. The predicted octanol–water partition coefficient (Wildman–Crippen LogP) is 5.57. The summed E-state index contributed by atoms with van der Waals surface area (Å²) in [7, 11) is 0. The van der Waals surface area contributed by atoms with Gasteiger partial charge in [0, 0.05) is 28.1 Å². The van der Waals surface area contributed by atoms with E-state index >= 15 is 0 Å². The van der Waals surface area contributed by atoms with Gasteiger partial charge in [-0.2, -0.15) is 0 Å². The van der Waals surface area contributed by atoms with Crippen LogP contribution in [0.5, 0.6) is 5.75 Å². The summed E-state index contributed by atoms with van der Waals surface area (Å²) in [6.45, 7) is 4.49. The summed E-state index contributed by atoms with van der Waals surface area (Å²) in [6.07, 6.45) is 4.08. The van der Waals surface area contributed by atoms with Crippen LogP contribution in [0.3, 0.4) is 0 Å². The second-order valence-electron chi connectivity index (χ2n) is 7.76. The summed E-state index contributed by atoms with van der Waals surface area (Å²) in [6, 6.07) is 15.1. The van der Waals surface area contributed by atoms with Crippen molar-refractivity contribution >= 4 is 39.1 Å². The number of amides is 1. The van der Waals surface area contributed by atoms with Crippen molar-refractivity contribution in [2.45, 2.75) is 26.3 Å². The first-order chi connectivity index (χ1) is 15.9. The van der Waals surface area contributed by atoms with E-state index in [1.807, 2.05) is 19.9 Å². The number of pyridine rings is 1. The number of halogens is 1. The van der Waals surface area contributed by atoms with Crippen molar-refractivity contribution in [3.8, 4) is 5.75 Å². The van der Waals surface area contributed by atoms with E-state index in [4.69, 9.17) is 4.74 Å². The number of aliphatic hydroxyl groups excluding tert-OH is 1. The van der Waals surface area contributed by atoms with Gasteiger partial charge in [-0.15, -0.1) is 0 Å². The Bertz CT molecular complexity index is 1240. The molecule has 1 saturated heterocycles. The quantitative estimate of drug-likeness (QED) is 0.268. The number of benzene rings is 2. The second-order valence-corrected chi connectivity index (χ2v) is 8.67. The lowest BCUT2D eigenvalue weighted by atomic mass is 9.95. The fourth-order valence-electron chi connectivity index (χ4n) is 3.91. The molecule has 0 bridgehead atoms. The maximum absolute atomic E-state index is 13.2. The Hall–Kier alpha value is -3.45. The topological polar surface area (TPSA) is 79.7 Å². The molecule has 2 heterocycles. The van der Waals surface area contributed by atoms with Crippen LogP contribution in [0.15, 0.2) is 77.0 Å². The van der Waals surface area contributed by atoms with Crippen LogP contribution < -0.4 is 9.64 Å². The van der Waals surface area contributed by atoms with Crippen LogP contribution in [0.2, 0.25) is 0 Å². The SMILES string of the molecule is CCCOc1ccc(/C(O)=C2\C(=O)C(=O)N(c3cccc(Br)c3)C2c2ccncc2)cc1C. The van der Waals surface area contributed by atoms with Crippen molar-refractivity contribution in [1.82, 2.24) is 4.98 Å². The summed E-state index contributed by atoms with van der Waals surface area (Å²) in [5.74, 6) is -0.944. The third kappa shape index (κ3) is 4.41. The van der Waals surface area contributed by atoms with Crippen molar-refractivity contribution in [3.05, 3.63) is 93.7 Å². The van der Waals surface area contributed by atoms with Gasteiger partial charge in [0.2, 0.25) is 0 Å². The number of carbonyl (C=O) groups excluding carboxylic acids is 2. The van der Waals surface area contributed by atoms with E-state index in [2.05, 4.69) is 20.9 Å². The van der Waals surface area contributed by atoms with Crippen molar-refractivity contribution in [2.75, 3.05) is 11.5 Å². The van der Waals surface area contributed by atoms with Crippen molar-refractivity contribution in [2.24, 2.45) is 0 Å². The Morgan fingerprint density at radius 1 is 1.12 bits per heavy atom. The highest BCUT2D eigenvalue weighted by Crippen LogP contribution is 2.42. The Kier molecular flexibility index (Phi) is 6.60. The third-order valence-corrected chi connectivity index (χ3v) is 5.96. The van der Waals surface area contributed by atoms with Gasteiger partial charge in [0.1, 0.15) is 11.5 Å². The van der Waals surface area contributed by atoms with Crippen molar-refractivity contribution < 1.29 is 19.4 Å². The molecule has 0 aliphatic carbocycles. The van der Waals surface area contributed by atoms with E-state index in [-0.39, 0.29) is 11.3 Å². The molecule has 0 saturated carbocycles. The highest BCUT2D eigenvalue weighted by Gasteiger charge is 2.47. The van der Waals surface area contributed by atoms with Crippen LogP contribution in [-0.2, 0) is 9.59 Å². The molecular formula is C26H23BrN2O4. The minimum Gasteiger partial charge on any atom is -0.507 e. The second kappa shape index (κ2) is 9.58. The molecule has 1 aliphatic rings. The predicted molar refractivity (Wildman–Crippen MR) is 130 cm³/mol. The summed E-state index contributed by atoms with van der Waals surface area (Å²) in [4.78, 5) is 31.8. The molecule has 1 unspecified atom stereocenters. The molecular weight excluding hydrogens is 484 g/mol. The molecule has 4 rings (SSSR count). The standard InChI is InChI=1S/C26H23BrN2O4/c1-3-13-33-21-8-7-18(14-16(21)2)24(30)22-23(17-9-11-28-12-10-17)29(26(32)25(22)31)20-6-4-5-19(27)15-20/h4-12,14-15,23,30H,3,13H2,1-2H3/b24-22+. The van der Waals surface area contributed by atoms with Gasteiger partial charge in [0.15, 0.2) is 0 Å². The minimum atomic E-state index is -0.793. The monoisotopic (exact) mass is 506 g/mol. The number of aliphatic hydroxyl groups is 1. The molecule has 33 heavy (non-hydrogen) atoms. The summed E-state index contributed by atoms with van der Waals surface area (Å²) < 4.78 is 6.49. The zero-order valence-electron chi connectivity index (χ0n) is 18.3. The average molecular weight is 507 g/mol. The number of aryl methyl sites for hydroxylation is 1. The molecule has 3 aromatic rings. The molecule has 1 atom stereocenters. The van der Waals surface area contributed by atoms with Gasteiger partial charge >= 0.3 is 0 Å². The first-order valence-electron chi connectivity index (χ1n) is 10.6. The highest BCUT2D eigenvalue weighted by atomic mass is 79.9. The molecule has 0 spiro atoms. The number of hydrogen-bond acceptors (Lipinski definition) is 5. The number of ketones is 1. The van der Waals surface area contributed by atoms with E-state index in [0.717, 1.165) is 16.5 Å². The summed E-state index contributed by atoms with van der Waals surface area (Å²) in [5.41, 5.74) is 2.53. The fraction of sp³-hybridized carbons (Fsp3) is 0.192. The number of nitrogens with zero attached hydrogens (tertiary/aromatic N) is 2. The number of aromatic nitrogens is 1. The molecule has 6 nitrogen and oxygen atoms in total. The first-order valence-corrected chi connectivity index (χ1v) is 11.4. The van der Waals surface area contributed by atoms with Gasteiger partial charge in [0.25, 0.3) is 11.7 Å². The Labute approximate surface area is 200 Å². The van der Waals surface area contributed by atoms with Crippen LogP contribution in [0.1, 0.15) is 36.1 Å². The van der Waals surface area contributed by atoms with Gasteiger partial charge < -0.3 is 9.84 Å². The third-order valence-electron chi connectivity index (χ3n) is 5.46. The molecule has 7 heteroatoms. The highest BCUT2D eigenvalue weighted by molar-refractivity contribution is 9.10. The Morgan fingerprint density at radius 3 is 2.55 bits per heavy atom. The van der Waals surface area contributed by atoms with Gasteiger partial charge in [-0.3, -0.25) is 19.5 Å². The number of Topliss-reactive ketones (excluding diaryl/α,β-unsaturated/α-hetero) is 1. The fourth-order valence-corrected chi connectivity index (χ4v) is 4.30. The van der Waals surface area contributed by atoms with Gasteiger partial charge in [-0.05, 0) is 73.0 Å². The number of hydrogen-bond donors (Lipinski definition) is 1. The molecule has 1 aliphatic heterocycles. The minimum absolute atomic E-state index is 0.0350. The van der Waals surface area contributed by atoms with Crippen LogP contribution in [-0.4, -0.2) is 28.4 Å². The van der Waals surface area contributed by atoms with E-state index in [0.29, 0.717) is 29.2 Å². The van der Waals surface area contributed by atoms with E-state index in [1.165, 1.54) is 4.90 Å². The zero-order valence-corrected chi connectivity index (χ0v) is 19.9. The lowest BCUT2D eigenvalue weighted by Crippen LogP contribution is -2.29. The van der Waals surface area contributed by atoms with E-state index in [9.17, 15) is 14.7 Å². The van der Waals surface area contributed by atoms with Gasteiger partial charge in [-0.1, -0.05) is 28.9 Å². The molecule has 1 fully saturated rings. The van der Waals surface area contributed by atoms with Crippen LogP contribution in [0.4, 0.5) is 5.69 Å². The van der Waals surface area contributed by atoms with Crippen LogP contribution in [0.25, 0.3) is 5.76 Å². The Balaban J connectivity index is 1.87.